The van der Waals surface area contributed by atoms with E-state index in [1.54, 1.807) is 18.2 Å². The van der Waals surface area contributed by atoms with Gasteiger partial charge < -0.3 is 9.55 Å². The van der Waals surface area contributed by atoms with E-state index in [-0.39, 0.29) is 10.5 Å². The highest BCUT2D eigenvalue weighted by Gasteiger charge is 2.15. The third-order valence-electron chi connectivity index (χ3n) is 5.54. The van der Waals surface area contributed by atoms with E-state index < -0.39 is 10.0 Å². The second-order valence-corrected chi connectivity index (χ2v) is 9.28. The van der Waals surface area contributed by atoms with Crippen LogP contribution in [0.15, 0.2) is 88.6 Å². The maximum Gasteiger partial charge on any atom is 0.248 e. The van der Waals surface area contributed by atoms with Gasteiger partial charge in [-0.05, 0) is 48.2 Å². The fourth-order valence-electron chi connectivity index (χ4n) is 4.07. The van der Waals surface area contributed by atoms with Gasteiger partial charge in [0.2, 0.25) is 15.6 Å². The maximum absolute atomic E-state index is 12.7. The monoisotopic (exact) mass is 431 g/mol. The summed E-state index contributed by atoms with van der Waals surface area (Å²) in [6.45, 7) is 1.03. The minimum Gasteiger partial charge on any atom is -0.340 e. The Morgan fingerprint density at radius 3 is 2.23 bits per heavy atom. The van der Waals surface area contributed by atoms with E-state index in [0.29, 0.717) is 30.4 Å². The second-order valence-electron chi connectivity index (χ2n) is 7.51. The third kappa shape index (κ3) is 3.62. The van der Waals surface area contributed by atoms with Gasteiger partial charge in [-0.1, -0.05) is 36.4 Å². The molecule has 0 bridgehead atoms. The molecule has 2 aromatic heterocycles. The van der Waals surface area contributed by atoms with Crippen molar-refractivity contribution in [3.8, 4) is 0 Å². The first kappa shape index (κ1) is 19.5. The normalized spacial score (nSPS) is 12.1. The number of sulfonamides is 1. The van der Waals surface area contributed by atoms with Gasteiger partial charge in [-0.3, -0.25) is 4.79 Å². The van der Waals surface area contributed by atoms with Crippen LogP contribution in [0, 0.1) is 0 Å². The van der Waals surface area contributed by atoms with Crippen molar-refractivity contribution in [1.29, 1.82) is 0 Å². The number of H-pyrrole nitrogens is 1. The number of aromatic amines is 1. The Balaban J connectivity index is 1.33. The highest BCUT2D eigenvalue weighted by Crippen LogP contribution is 2.28. The number of aryl methyl sites for hydroxylation is 1. The number of aromatic nitrogens is 2. The summed E-state index contributed by atoms with van der Waals surface area (Å²) >= 11 is 0. The molecule has 2 heterocycles. The van der Waals surface area contributed by atoms with E-state index in [2.05, 4.69) is 38.5 Å². The Bertz CT molecular complexity index is 1530. The Kier molecular flexibility index (Phi) is 4.84. The Hall–Kier alpha value is -3.42. The van der Waals surface area contributed by atoms with Gasteiger partial charge in [0, 0.05) is 46.5 Å². The van der Waals surface area contributed by atoms with Crippen LogP contribution in [0.2, 0.25) is 0 Å². The molecule has 0 saturated heterocycles. The number of para-hydroxylation sites is 2. The molecule has 3 aromatic carbocycles. The van der Waals surface area contributed by atoms with Gasteiger partial charge in [-0.2, -0.15) is 0 Å². The molecule has 2 N–H and O–H groups in total. The van der Waals surface area contributed by atoms with Crippen LogP contribution in [-0.2, 0) is 16.6 Å². The first-order valence-corrected chi connectivity index (χ1v) is 11.6. The lowest BCUT2D eigenvalue weighted by Crippen LogP contribution is -2.25. The molecule has 31 heavy (non-hydrogen) atoms. The molecule has 0 saturated carbocycles. The smallest absolute Gasteiger partial charge is 0.248 e. The summed E-state index contributed by atoms with van der Waals surface area (Å²) in [4.78, 5) is 14.3. The summed E-state index contributed by atoms with van der Waals surface area (Å²) in [5.74, 6) is 0. The van der Waals surface area contributed by atoms with E-state index in [0.717, 1.165) is 11.0 Å². The first-order valence-electron chi connectivity index (χ1n) is 10.1. The van der Waals surface area contributed by atoms with Crippen LogP contribution in [0.4, 0.5) is 0 Å². The topological polar surface area (TPSA) is 84.0 Å². The lowest BCUT2D eigenvalue weighted by atomic mass is 10.2. The first-order chi connectivity index (χ1) is 15.0. The molecule has 0 atom stereocenters. The SMILES string of the molecule is O=c1ccc2cc(S(=O)(=O)NCCCn3c4ccccc4c4ccccc43)ccc2[nH]1. The molecule has 0 unspecified atom stereocenters. The molecule has 0 fully saturated rings. The van der Waals surface area contributed by atoms with Gasteiger partial charge in [0.05, 0.1) is 4.90 Å². The zero-order chi connectivity index (χ0) is 21.4. The fourth-order valence-corrected chi connectivity index (χ4v) is 5.18. The molecule has 0 radical (unpaired) electrons. The van der Waals surface area contributed by atoms with Gasteiger partial charge in [-0.25, -0.2) is 13.1 Å². The lowest BCUT2D eigenvalue weighted by Gasteiger charge is -2.10. The zero-order valence-corrected chi connectivity index (χ0v) is 17.5. The number of pyridine rings is 1. The highest BCUT2D eigenvalue weighted by atomic mass is 32.2. The number of fused-ring (bicyclic) bond motifs is 4. The molecule has 6 nitrogen and oxygen atoms in total. The Labute approximate surface area is 179 Å². The van der Waals surface area contributed by atoms with Gasteiger partial charge in [0.1, 0.15) is 0 Å². The number of hydrogen-bond acceptors (Lipinski definition) is 3. The fraction of sp³-hybridized carbons (Fsp3) is 0.125. The number of rotatable bonds is 6. The molecule has 0 aliphatic heterocycles. The average molecular weight is 432 g/mol. The summed E-state index contributed by atoms with van der Waals surface area (Å²) < 4.78 is 30.4. The predicted molar refractivity (Wildman–Crippen MR) is 124 cm³/mol. The molecule has 0 aliphatic rings. The summed E-state index contributed by atoms with van der Waals surface area (Å²) in [7, 11) is -3.64. The summed E-state index contributed by atoms with van der Waals surface area (Å²) in [6.07, 6.45) is 0.656. The second kappa shape index (κ2) is 7.68. The van der Waals surface area contributed by atoms with Crippen LogP contribution in [-0.4, -0.2) is 24.5 Å². The van der Waals surface area contributed by atoms with E-state index in [1.807, 2.05) is 24.3 Å². The molecule has 156 valence electrons. The average Bonchev–Trinajstić information content (AvgIpc) is 3.10. The van der Waals surface area contributed by atoms with Crippen molar-refractivity contribution in [2.75, 3.05) is 6.54 Å². The third-order valence-corrected chi connectivity index (χ3v) is 6.99. The Morgan fingerprint density at radius 2 is 1.52 bits per heavy atom. The van der Waals surface area contributed by atoms with Crippen LogP contribution in [0.3, 0.4) is 0 Å². The Morgan fingerprint density at radius 1 is 0.839 bits per heavy atom. The van der Waals surface area contributed by atoms with Crippen molar-refractivity contribution in [1.82, 2.24) is 14.3 Å². The van der Waals surface area contributed by atoms with Crippen molar-refractivity contribution in [3.05, 3.63) is 89.2 Å². The van der Waals surface area contributed by atoms with Crippen LogP contribution in [0.5, 0.6) is 0 Å². The minimum atomic E-state index is -3.64. The van der Waals surface area contributed by atoms with Crippen LogP contribution in [0.1, 0.15) is 6.42 Å². The largest absolute Gasteiger partial charge is 0.340 e. The lowest BCUT2D eigenvalue weighted by molar-refractivity contribution is 0.573. The van der Waals surface area contributed by atoms with Gasteiger partial charge in [0.15, 0.2) is 0 Å². The van der Waals surface area contributed by atoms with E-state index in [1.165, 1.54) is 22.9 Å². The number of nitrogens with one attached hydrogen (secondary N) is 2. The van der Waals surface area contributed by atoms with Crippen LogP contribution >= 0.6 is 0 Å². The molecular weight excluding hydrogens is 410 g/mol. The van der Waals surface area contributed by atoms with E-state index >= 15 is 0 Å². The molecule has 5 rings (SSSR count). The molecule has 0 aliphatic carbocycles. The van der Waals surface area contributed by atoms with Gasteiger partial charge >= 0.3 is 0 Å². The summed E-state index contributed by atoms with van der Waals surface area (Å²) in [6, 6.07) is 24.2. The molecule has 5 aromatic rings. The standard InChI is InChI=1S/C24H21N3O3S/c28-24-13-10-17-16-18(11-12-21(17)26-24)31(29,30)25-14-5-15-27-22-8-3-1-6-19(22)20-7-2-4-9-23(20)27/h1-4,6-13,16,25H,5,14-15H2,(H,26,28). The van der Waals surface area contributed by atoms with Crippen LogP contribution < -0.4 is 10.3 Å². The quantitative estimate of drug-likeness (QED) is 0.399. The molecule has 0 amide bonds. The van der Waals surface area contributed by atoms with Crippen molar-refractivity contribution in [2.24, 2.45) is 0 Å². The van der Waals surface area contributed by atoms with Gasteiger partial charge in [-0.15, -0.1) is 0 Å². The van der Waals surface area contributed by atoms with Gasteiger partial charge in [0.25, 0.3) is 0 Å². The molecule has 7 heteroatoms. The van der Waals surface area contributed by atoms with Crippen LogP contribution in [0.25, 0.3) is 32.7 Å². The number of nitrogens with zero attached hydrogens (tertiary/aromatic N) is 1. The van der Waals surface area contributed by atoms with E-state index in [4.69, 9.17) is 0 Å². The maximum atomic E-state index is 12.7. The summed E-state index contributed by atoms with van der Waals surface area (Å²) in [5.41, 5.74) is 2.69. The summed E-state index contributed by atoms with van der Waals surface area (Å²) in [5, 5.41) is 3.08. The number of hydrogen-bond donors (Lipinski definition) is 2. The van der Waals surface area contributed by atoms with Crippen molar-refractivity contribution in [3.63, 3.8) is 0 Å². The van der Waals surface area contributed by atoms with Crippen molar-refractivity contribution < 1.29 is 8.42 Å². The molecule has 0 spiro atoms. The predicted octanol–water partition coefficient (Wildman–Crippen LogP) is 4.00. The number of benzene rings is 3. The molecular formula is C24H21N3O3S. The van der Waals surface area contributed by atoms with Crippen molar-refractivity contribution in [2.45, 2.75) is 17.9 Å². The van der Waals surface area contributed by atoms with Crippen molar-refractivity contribution >= 4 is 42.7 Å². The van der Waals surface area contributed by atoms with E-state index in [9.17, 15) is 13.2 Å². The highest BCUT2D eigenvalue weighted by molar-refractivity contribution is 7.89. The zero-order valence-electron chi connectivity index (χ0n) is 16.7. The minimum absolute atomic E-state index is 0.184.